The van der Waals surface area contributed by atoms with E-state index in [-0.39, 0.29) is 0 Å². The van der Waals surface area contributed by atoms with Crippen LogP contribution in [0.25, 0.3) is 0 Å². The Hall–Kier alpha value is -0.770. The largest absolute Gasteiger partial charge is 0.357 e. The summed E-state index contributed by atoms with van der Waals surface area (Å²) in [6.45, 7) is 17.2. The first kappa shape index (κ1) is 18.2. The van der Waals surface area contributed by atoms with Crippen molar-refractivity contribution in [1.82, 2.24) is 15.5 Å². The van der Waals surface area contributed by atoms with Crippen LogP contribution in [0.2, 0.25) is 0 Å². The molecule has 0 fully saturated rings. The lowest BCUT2D eigenvalue weighted by Gasteiger charge is -2.17. The van der Waals surface area contributed by atoms with Crippen molar-refractivity contribution in [2.45, 2.75) is 47.5 Å². The van der Waals surface area contributed by atoms with Crippen molar-refractivity contribution in [2.75, 3.05) is 39.3 Å². The Morgan fingerprint density at radius 2 is 1.79 bits per heavy atom. The summed E-state index contributed by atoms with van der Waals surface area (Å²) in [5.74, 6) is 1.70. The fraction of sp³-hybridized carbons (Fsp3) is 0.933. The summed E-state index contributed by atoms with van der Waals surface area (Å²) < 4.78 is 0. The maximum absolute atomic E-state index is 4.62. The standard InChI is InChI=1S/C15H34N4/c1-6-16-15(18-12-10-14(4)5)17-11-9-13-19(7-2)8-3/h14H,6-13H2,1-5H3,(H2,16,17,18). The van der Waals surface area contributed by atoms with Crippen molar-refractivity contribution in [1.29, 1.82) is 0 Å². The van der Waals surface area contributed by atoms with Crippen LogP contribution in [0, 0.1) is 5.92 Å². The Balaban J connectivity index is 3.91. The molecule has 0 aliphatic heterocycles. The topological polar surface area (TPSA) is 39.7 Å². The minimum Gasteiger partial charge on any atom is -0.357 e. The van der Waals surface area contributed by atoms with Crippen LogP contribution in [0.5, 0.6) is 0 Å². The number of hydrogen-bond acceptors (Lipinski definition) is 2. The maximum Gasteiger partial charge on any atom is 0.191 e. The highest BCUT2D eigenvalue weighted by Gasteiger charge is 2.00. The Bertz CT molecular complexity index is 222. The number of hydrogen-bond donors (Lipinski definition) is 2. The molecule has 0 unspecified atom stereocenters. The molecule has 0 atom stereocenters. The number of nitrogens with one attached hydrogen (secondary N) is 2. The Morgan fingerprint density at radius 3 is 2.32 bits per heavy atom. The van der Waals surface area contributed by atoms with Crippen LogP contribution in [0.3, 0.4) is 0 Å². The molecular formula is C15H34N4. The molecule has 0 amide bonds. The second-order valence-corrected chi connectivity index (χ2v) is 5.25. The first-order valence-corrected chi connectivity index (χ1v) is 7.88. The van der Waals surface area contributed by atoms with Gasteiger partial charge < -0.3 is 15.5 Å². The highest BCUT2D eigenvalue weighted by Crippen LogP contribution is 1.96. The van der Waals surface area contributed by atoms with Crippen LogP contribution in [-0.2, 0) is 0 Å². The van der Waals surface area contributed by atoms with Gasteiger partial charge in [0.25, 0.3) is 0 Å². The van der Waals surface area contributed by atoms with E-state index in [4.69, 9.17) is 0 Å². The molecule has 0 aromatic rings. The second-order valence-electron chi connectivity index (χ2n) is 5.25. The van der Waals surface area contributed by atoms with E-state index in [9.17, 15) is 0 Å². The van der Waals surface area contributed by atoms with Gasteiger partial charge in [-0.15, -0.1) is 0 Å². The predicted octanol–water partition coefficient (Wildman–Crippen LogP) is 2.32. The van der Waals surface area contributed by atoms with Crippen LogP contribution in [0.4, 0.5) is 0 Å². The third kappa shape index (κ3) is 10.8. The van der Waals surface area contributed by atoms with E-state index in [0.717, 1.165) is 57.6 Å². The zero-order chi connectivity index (χ0) is 14.5. The minimum atomic E-state index is 0.734. The third-order valence-electron chi connectivity index (χ3n) is 3.16. The van der Waals surface area contributed by atoms with E-state index in [1.165, 1.54) is 6.42 Å². The van der Waals surface area contributed by atoms with E-state index in [2.05, 4.69) is 55.1 Å². The summed E-state index contributed by atoms with van der Waals surface area (Å²) in [6.07, 6.45) is 2.31. The summed E-state index contributed by atoms with van der Waals surface area (Å²) in [6, 6.07) is 0. The molecule has 4 nitrogen and oxygen atoms in total. The zero-order valence-electron chi connectivity index (χ0n) is 13.6. The summed E-state index contributed by atoms with van der Waals surface area (Å²) in [5, 5.41) is 6.69. The molecule has 0 saturated carbocycles. The molecule has 0 saturated heterocycles. The van der Waals surface area contributed by atoms with E-state index in [0.29, 0.717) is 0 Å². The molecule has 0 rings (SSSR count). The van der Waals surface area contributed by atoms with Crippen molar-refractivity contribution in [3.63, 3.8) is 0 Å². The van der Waals surface area contributed by atoms with Crippen molar-refractivity contribution >= 4 is 5.96 Å². The van der Waals surface area contributed by atoms with Gasteiger partial charge in [-0.2, -0.15) is 0 Å². The molecule has 114 valence electrons. The molecule has 0 spiro atoms. The van der Waals surface area contributed by atoms with Gasteiger partial charge in [-0.05, 0) is 45.3 Å². The normalized spacial score (nSPS) is 12.3. The van der Waals surface area contributed by atoms with Gasteiger partial charge in [-0.3, -0.25) is 4.99 Å². The van der Waals surface area contributed by atoms with Gasteiger partial charge >= 0.3 is 0 Å². The van der Waals surface area contributed by atoms with E-state index in [1.54, 1.807) is 0 Å². The van der Waals surface area contributed by atoms with Crippen molar-refractivity contribution < 1.29 is 0 Å². The molecule has 0 aliphatic carbocycles. The Kier molecular flexibility index (Phi) is 11.8. The quantitative estimate of drug-likeness (QED) is 0.363. The molecule has 0 aliphatic rings. The predicted molar refractivity (Wildman–Crippen MR) is 85.8 cm³/mol. The average molecular weight is 270 g/mol. The molecule has 2 N–H and O–H groups in total. The van der Waals surface area contributed by atoms with E-state index in [1.807, 2.05) is 0 Å². The molecule has 0 aromatic heterocycles. The van der Waals surface area contributed by atoms with Gasteiger partial charge in [0.05, 0.1) is 0 Å². The van der Waals surface area contributed by atoms with Gasteiger partial charge in [0, 0.05) is 19.6 Å². The van der Waals surface area contributed by atoms with Gasteiger partial charge in [-0.25, -0.2) is 0 Å². The smallest absolute Gasteiger partial charge is 0.191 e. The van der Waals surface area contributed by atoms with Crippen LogP contribution in [0.15, 0.2) is 4.99 Å². The number of rotatable bonds is 10. The summed E-state index contributed by atoms with van der Waals surface area (Å²) >= 11 is 0. The first-order chi connectivity index (χ1) is 9.13. The average Bonchev–Trinajstić information content (AvgIpc) is 2.38. The SMILES string of the molecule is CCNC(=NCCCN(CC)CC)NCCC(C)C. The summed E-state index contributed by atoms with van der Waals surface area (Å²) in [5.41, 5.74) is 0. The van der Waals surface area contributed by atoms with Crippen LogP contribution in [-0.4, -0.2) is 50.1 Å². The first-order valence-electron chi connectivity index (χ1n) is 7.88. The van der Waals surface area contributed by atoms with Crippen molar-refractivity contribution in [2.24, 2.45) is 10.9 Å². The lowest BCUT2D eigenvalue weighted by atomic mass is 10.1. The lowest BCUT2D eigenvalue weighted by molar-refractivity contribution is 0.302. The lowest BCUT2D eigenvalue weighted by Crippen LogP contribution is -2.38. The number of guanidine groups is 1. The molecule has 4 heteroatoms. The monoisotopic (exact) mass is 270 g/mol. The zero-order valence-corrected chi connectivity index (χ0v) is 13.6. The molecule has 0 heterocycles. The number of nitrogens with zero attached hydrogens (tertiary/aromatic N) is 2. The fourth-order valence-electron chi connectivity index (χ4n) is 1.85. The third-order valence-corrected chi connectivity index (χ3v) is 3.16. The highest BCUT2D eigenvalue weighted by molar-refractivity contribution is 5.79. The summed E-state index contributed by atoms with van der Waals surface area (Å²) in [4.78, 5) is 7.06. The van der Waals surface area contributed by atoms with Crippen molar-refractivity contribution in [3.8, 4) is 0 Å². The highest BCUT2D eigenvalue weighted by atomic mass is 15.2. The van der Waals surface area contributed by atoms with Gasteiger partial charge in [0.2, 0.25) is 0 Å². The Labute approximate surface area is 120 Å². The van der Waals surface area contributed by atoms with Gasteiger partial charge in [0.15, 0.2) is 5.96 Å². The molecular weight excluding hydrogens is 236 g/mol. The van der Waals surface area contributed by atoms with Crippen molar-refractivity contribution in [3.05, 3.63) is 0 Å². The van der Waals surface area contributed by atoms with E-state index < -0.39 is 0 Å². The van der Waals surface area contributed by atoms with Crippen LogP contribution >= 0.6 is 0 Å². The number of aliphatic imine (C=N–C) groups is 1. The molecule has 0 bridgehead atoms. The molecule has 19 heavy (non-hydrogen) atoms. The van der Waals surface area contributed by atoms with Gasteiger partial charge in [0.1, 0.15) is 0 Å². The Morgan fingerprint density at radius 1 is 1.11 bits per heavy atom. The van der Waals surface area contributed by atoms with Crippen LogP contribution < -0.4 is 10.6 Å². The van der Waals surface area contributed by atoms with E-state index >= 15 is 0 Å². The summed E-state index contributed by atoms with van der Waals surface area (Å²) in [7, 11) is 0. The minimum absolute atomic E-state index is 0.734. The fourth-order valence-corrected chi connectivity index (χ4v) is 1.85. The maximum atomic E-state index is 4.62. The van der Waals surface area contributed by atoms with Gasteiger partial charge in [-0.1, -0.05) is 27.7 Å². The van der Waals surface area contributed by atoms with Crippen LogP contribution in [0.1, 0.15) is 47.5 Å². The second kappa shape index (κ2) is 12.3. The molecule has 0 radical (unpaired) electrons. The molecule has 0 aromatic carbocycles.